The molecule has 14 heteroatoms. The molecule has 0 bridgehead atoms. The predicted octanol–water partition coefficient (Wildman–Crippen LogP) is 7.12. The van der Waals surface area contributed by atoms with Crippen LogP contribution < -0.4 is 10.6 Å². The maximum absolute atomic E-state index is 13.0. The van der Waals surface area contributed by atoms with Gasteiger partial charge in [0, 0.05) is 5.69 Å². The minimum absolute atomic E-state index is 0.0265. The lowest BCUT2D eigenvalue weighted by molar-refractivity contribution is -0.141. The Bertz CT molecular complexity index is 1210. The van der Waals surface area contributed by atoms with Gasteiger partial charge in [0.05, 0.1) is 20.6 Å². The lowest BCUT2D eigenvalue weighted by Crippen LogP contribution is -2.34. The van der Waals surface area contributed by atoms with Crippen LogP contribution in [0.4, 0.5) is 23.7 Å². The Morgan fingerprint density at radius 3 is 2.06 bits per heavy atom. The number of urea groups is 1. The molecule has 32 heavy (non-hydrogen) atoms. The summed E-state index contributed by atoms with van der Waals surface area (Å²) in [4.78, 5) is 24.3. The summed E-state index contributed by atoms with van der Waals surface area (Å²) in [5, 5.41) is 6.07. The fourth-order valence-electron chi connectivity index (χ4n) is 2.53. The molecule has 1 heterocycles. The zero-order chi connectivity index (χ0) is 23.8. The average molecular weight is 547 g/mol. The molecule has 2 aromatic carbocycles. The number of carbonyl (C=O) groups is 2. The fraction of sp³-hybridized carbons (Fsp3) is 0.0556. The normalized spacial score (nSPS) is 11.4. The number of nitrogens with zero attached hydrogens (tertiary/aromatic N) is 2. The number of benzene rings is 2. The summed E-state index contributed by atoms with van der Waals surface area (Å²) in [7, 11) is 0. The van der Waals surface area contributed by atoms with Gasteiger partial charge in [-0.2, -0.15) is 18.3 Å². The molecule has 3 aromatic rings. The number of nitrogens with one attached hydrogen (secondary N) is 2. The Morgan fingerprint density at radius 1 is 0.938 bits per heavy atom. The van der Waals surface area contributed by atoms with Gasteiger partial charge in [-0.1, -0.05) is 70.1 Å². The predicted molar refractivity (Wildman–Crippen MR) is 117 cm³/mol. The van der Waals surface area contributed by atoms with Crippen LogP contribution in [0.5, 0.6) is 0 Å². The monoisotopic (exact) mass is 544 g/mol. The van der Waals surface area contributed by atoms with Gasteiger partial charge < -0.3 is 5.32 Å². The van der Waals surface area contributed by atoms with Crippen molar-refractivity contribution in [2.45, 2.75) is 6.18 Å². The molecule has 3 amide bonds. The van der Waals surface area contributed by atoms with Crippen LogP contribution in [-0.2, 0) is 6.18 Å². The van der Waals surface area contributed by atoms with E-state index in [1.165, 1.54) is 24.3 Å². The number of amides is 3. The van der Waals surface area contributed by atoms with Gasteiger partial charge in [0.2, 0.25) is 0 Å². The molecule has 0 fully saturated rings. The molecule has 0 spiro atoms. The molecule has 168 valence electrons. The molecule has 0 unspecified atom stereocenters. The molecule has 0 aliphatic carbocycles. The van der Waals surface area contributed by atoms with Crippen LogP contribution in [0.15, 0.2) is 36.4 Å². The number of hydrogen-bond acceptors (Lipinski definition) is 3. The highest BCUT2D eigenvalue weighted by molar-refractivity contribution is 6.43. The Balaban J connectivity index is 1.85. The second-order valence-corrected chi connectivity index (χ2v) is 8.00. The van der Waals surface area contributed by atoms with E-state index in [4.69, 9.17) is 58.0 Å². The van der Waals surface area contributed by atoms with Gasteiger partial charge in [0.25, 0.3) is 5.91 Å². The maximum Gasteiger partial charge on any atom is 0.436 e. The molecule has 6 nitrogen and oxygen atoms in total. The smallest absolute Gasteiger partial charge is 0.308 e. The van der Waals surface area contributed by atoms with Crippen molar-refractivity contribution in [3.05, 3.63) is 72.9 Å². The van der Waals surface area contributed by atoms with Crippen molar-refractivity contribution >= 4 is 75.6 Å². The van der Waals surface area contributed by atoms with Crippen LogP contribution in [0.1, 0.15) is 16.1 Å². The van der Waals surface area contributed by atoms with E-state index in [0.717, 1.165) is 0 Å². The first kappa shape index (κ1) is 24.5. The fourth-order valence-corrected chi connectivity index (χ4v) is 3.83. The summed E-state index contributed by atoms with van der Waals surface area (Å²) >= 11 is 29.7. The van der Waals surface area contributed by atoms with Crippen molar-refractivity contribution in [2.24, 2.45) is 0 Å². The van der Waals surface area contributed by atoms with E-state index in [-0.39, 0.29) is 32.0 Å². The molecule has 3 rings (SSSR count). The summed E-state index contributed by atoms with van der Waals surface area (Å²) in [5.41, 5.74) is -1.52. The number of halogens is 8. The molecule has 0 aliphatic rings. The SMILES string of the molecule is O=C(NC(=O)c1ccccc1Cl)Nc1cc(Cl)c(-n2nc(C(F)(F)F)c(Cl)c2Cl)c(Cl)c1. The van der Waals surface area contributed by atoms with Crippen LogP contribution in [0.25, 0.3) is 5.69 Å². The molecular formula is C18H8Cl5F3N4O2. The minimum Gasteiger partial charge on any atom is -0.308 e. The zero-order valence-corrected chi connectivity index (χ0v) is 19.0. The van der Waals surface area contributed by atoms with Crippen molar-refractivity contribution in [1.82, 2.24) is 15.1 Å². The number of alkyl halides is 3. The average Bonchev–Trinajstić information content (AvgIpc) is 2.97. The van der Waals surface area contributed by atoms with E-state index in [1.54, 1.807) is 12.1 Å². The highest BCUT2D eigenvalue weighted by Gasteiger charge is 2.39. The van der Waals surface area contributed by atoms with E-state index < -0.39 is 34.0 Å². The first-order valence-corrected chi connectivity index (χ1v) is 10.2. The summed E-state index contributed by atoms with van der Waals surface area (Å²) in [5.74, 6) is -0.764. The van der Waals surface area contributed by atoms with Gasteiger partial charge in [0.15, 0.2) is 10.8 Å². The maximum atomic E-state index is 13.0. The second kappa shape index (κ2) is 9.36. The Morgan fingerprint density at radius 2 is 1.53 bits per heavy atom. The molecule has 2 N–H and O–H groups in total. The van der Waals surface area contributed by atoms with E-state index in [2.05, 4.69) is 15.7 Å². The van der Waals surface area contributed by atoms with Crippen LogP contribution in [-0.4, -0.2) is 21.7 Å². The molecule has 0 aliphatic heterocycles. The van der Waals surface area contributed by atoms with Gasteiger partial charge in [-0.25, -0.2) is 9.48 Å². The Hall–Kier alpha value is -2.17. The Labute approximate surface area is 203 Å². The molecular weight excluding hydrogens is 538 g/mol. The van der Waals surface area contributed by atoms with Gasteiger partial charge in [-0.3, -0.25) is 10.1 Å². The van der Waals surface area contributed by atoms with E-state index in [1.807, 2.05) is 0 Å². The van der Waals surface area contributed by atoms with Crippen molar-refractivity contribution in [3.63, 3.8) is 0 Å². The largest absolute Gasteiger partial charge is 0.436 e. The summed E-state index contributed by atoms with van der Waals surface area (Å²) < 4.78 is 39.8. The van der Waals surface area contributed by atoms with Gasteiger partial charge >= 0.3 is 12.2 Å². The van der Waals surface area contributed by atoms with Crippen LogP contribution in [0.3, 0.4) is 0 Å². The number of rotatable bonds is 3. The summed E-state index contributed by atoms with van der Waals surface area (Å²) in [6.45, 7) is 0. The standard InChI is InChI=1S/C18H8Cl5F3N4O2/c19-9-4-2-1-3-8(9)16(31)28-17(32)27-7-5-10(20)13(11(21)6-7)30-15(23)12(22)14(29-30)18(24,25)26/h1-6H,(H2,27,28,31,32). The Kier molecular flexibility index (Phi) is 7.16. The van der Waals surface area contributed by atoms with Gasteiger partial charge in [0.1, 0.15) is 10.7 Å². The van der Waals surface area contributed by atoms with Crippen molar-refractivity contribution in [1.29, 1.82) is 0 Å². The number of aromatic nitrogens is 2. The summed E-state index contributed by atoms with van der Waals surface area (Å²) in [6, 6.07) is 7.47. The first-order chi connectivity index (χ1) is 14.9. The second-order valence-electron chi connectivity index (χ2n) is 6.04. The van der Waals surface area contributed by atoms with E-state index in [9.17, 15) is 22.8 Å². The minimum atomic E-state index is -4.86. The van der Waals surface area contributed by atoms with Crippen LogP contribution in [0.2, 0.25) is 25.2 Å². The third-order valence-electron chi connectivity index (χ3n) is 3.88. The topological polar surface area (TPSA) is 76.0 Å². The quantitative estimate of drug-likeness (QED) is 0.367. The molecule has 1 aromatic heterocycles. The van der Waals surface area contributed by atoms with E-state index >= 15 is 0 Å². The van der Waals surface area contributed by atoms with Crippen LogP contribution >= 0.6 is 58.0 Å². The third kappa shape index (κ3) is 5.07. The number of imide groups is 1. The van der Waals surface area contributed by atoms with E-state index in [0.29, 0.717) is 4.68 Å². The van der Waals surface area contributed by atoms with Crippen LogP contribution in [0, 0.1) is 0 Å². The highest BCUT2D eigenvalue weighted by atomic mass is 35.5. The molecule has 0 atom stereocenters. The highest BCUT2D eigenvalue weighted by Crippen LogP contribution is 2.41. The number of carbonyl (C=O) groups excluding carboxylic acids is 2. The first-order valence-electron chi connectivity index (χ1n) is 8.27. The van der Waals surface area contributed by atoms with Gasteiger partial charge in [-0.15, -0.1) is 0 Å². The zero-order valence-electron chi connectivity index (χ0n) is 15.2. The van der Waals surface area contributed by atoms with Crippen molar-refractivity contribution < 1.29 is 22.8 Å². The lowest BCUT2D eigenvalue weighted by atomic mass is 10.2. The number of hydrogen-bond donors (Lipinski definition) is 2. The molecule has 0 saturated heterocycles. The van der Waals surface area contributed by atoms with Crippen molar-refractivity contribution in [2.75, 3.05) is 5.32 Å². The summed E-state index contributed by atoms with van der Waals surface area (Å²) in [6.07, 6.45) is -4.86. The van der Waals surface area contributed by atoms with Crippen molar-refractivity contribution in [3.8, 4) is 5.69 Å². The lowest BCUT2D eigenvalue weighted by Gasteiger charge is -2.12. The molecule has 0 radical (unpaired) electrons. The third-order valence-corrected chi connectivity index (χ3v) is 5.59. The molecule has 0 saturated carbocycles. The van der Waals surface area contributed by atoms with Gasteiger partial charge in [-0.05, 0) is 24.3 Å². The number of anilines is 1.